The molecule has 0 heterocycles. The summed E-state index contributed by atoms with van der Waals surface area (Å²) in [5, 5.41) is 8.56. The van der Waals surface area contributed by atoms with Crippen molar-refractivity contribution in [1.82, 2.24) is 0 Å². The molecule has 68 valence electrons. The third kappa shape index (κ3) is 7.82. The molecule has 0 rings (SSSR count). The normalized spacial score (nSPS) is 13.4. The van der Waals surface area contributed by atoms with Gasteiger partial charge in [0.2, 0.25) is 0 Å². The molecule has 0 saturated heterocycles. The van der Waals surface area contributed by atoms with Crippen LogP contribution in [0.2, 0.25) is 0 Å². The molecule has 0 aliphatic rings. The van der Waals surface area contributed by atoms with E-state index in [-0.39, 0.29) is 12.6 Å². The van der Waals surface area contributed by atoms with Crippen molar-refractivity contribution in [2.75, 3.05) is 6.61 Å². The van der Waals surface area contributed by atoms with Gasteiger partial charge < -0.3 is 10.8 Å². The number of aliphatic hydroxyl groups is 1. The van der Waals surface area contributed by atoms with Crippen molar-refractivity contribution < 1.29 is 5.11 Å². The summed E-state index contributed by atoms with van der Waals surface area (Å²) < 4.78 is 0. The minimum Gasteiger partial charge on any atom is -0.396 e. The molecular formula is C9H21NO. The molecule has 0 saturated carbocycles. The molecule has 0 aliphatic carbocycles. The second-order valence-electron chi connectivity index (χ2n) is 3.12. The van der Waals surface area contributed by atoms with Gasteiger partial charge in [0.1, 0.15) is 0 Å². The average Bonchev–Trinajstić information content (AvgIpc) is 1.99. The summed E-state index contributed by atoms with van der Waals surface area (Å²) in [6.07, 6.45) is 6.92. The zero-order valence-electron chi connectivity index (χ0n) is 7.55. The van der Waals surface area contributed by atoms with Crippen LogP contribution in [0.3, 0.4) is 0 Å². The molecule has 0 fully saturated rings. The maximum atomic E-state index is 8.56. The molecule has 0 radical (unpaired) electrons. The van der Waals surface area contributed by atoms with Gasteiger partial charge in [-0.15, -0.1) is 0 Å². The van der Waals surface area contributed by atoms with Crippen molar-refractivity contribution in [1.29, 1.82) is 0 Å². The van der Waals surface area contributed by atoms with Crippen LogP contribution in [0.1, 0.15) is 45.4 Å². The summed E-state index contributed by atoms with van der Waals surface area (Å²) in [5.74, 6) is 0. The Labute approximate surface area is 69.8 Å². The second kappa shape index (κ2) is 8.02. The van der Waals surface area contributed by atoms with Gasteiger partial charge in [-0.1, -0.05) is 32.6 Å². The third-order valence-electron chi connectivity index (χ3n) is 1.93. The molecule has 0 aromatic carbocycles. The van der Waals surface area contributed by atoms with E-state index in [1.54, 1.807) is 0 Å². The van der Waals surface area contributed by atoms with E-state index in [1.807, 2.05) is 0 Å². The van der Waals surface area contributed by atoms with E-state index in [9.17, 15) is 0 Å². The Morgan fingerprint density at radius 1 is 1.18 bits per heavy atom. The smallest absolute Gasteiger partial charge is 0.0445 e. The molecule has 0 amide bonds. The van der Waals surface area contributed by atoms with Gasteiger partial charge in [0, 0.05) is 12.6 Å². The lowest BCUT2D eigenvalue weighted by molar-refractivity contribution is 0.272. The number of unbranched alkanes of at least 4 members (excludes halogenated alkanes) is 3. The van der Waals surface area contributed by atoms with E-state index in [2.05, 4.69) is 6.92 Å². The third-order valence-corrected chi connectivity index (χ3v) is 1.93. The lowest BCUT2D eigenvalue weighted by atomic mass is 10.1. The van der Waals surface area contributed by atoms with Crippen LogP contribution in [0.5, 0.6) is 0 Å². The summed E-state index contributed by atoms with van der Waals surface area (Å²) >= 11 is 0. The van der Waals surface area contributed by atoms with Crippen LogP contribution >= 0.6 is 0 Å². The number of aliphatic hydroxyl groups excluding tert-OH is 1. The standard InChI is InChI=1S/C9H21NO/c1-2-3-4-5-6-9(10)7-8-11/h9,11H,2-8,10H2,1H3. The average molecular weight is 159 g/mol. The Kier molecular flexibility index (Phi) is 7.96. The van der Waals surface area contributed by atoms with Gasteiger partial charge in [-0.2, -0.15) is 0 Å². The summed E-state index contributed by atoms with van der Waals surface area (Å²) in [5.41, 5.74) is 5.71. The zero-order chi connectivity index (χ0) is 8.53. The quantitative estimate of drug-likeness (QED) is 0.555. The van der Waals surface area contributed by atoms with Gasteiger partial charge in [-0.25, -0.2) is 0 Å². The molecular weight excluding hydrogens is 138 g/mol. The highest BCUT2D eigenvalue weighted by atomic mass is 16.3. The Balaban J connectivity index is 2.97. The second-order valence-corrected chi connectivity index (χ2v) is 3.12. The van der Waals surface area contributed by atoms with Crippen molar-refractivity contribution in [3.63, 3.8) is 0 Å². The first-order valence-corrected chi connectivity index (χ1v) is 4.67. The fourth-order valence-corrected chi connectivity index (χ4v) is 1.14. The van der Waals surface area contributed by atoms with Gasteiger partial charge in [0.25, 0.3) is 0 Å². The van der Waals surface area contributed by atoms with Crippen LogP contribution in [-0.4, -0.2) is 17.8 Å². The van der Waals surface area contributed by atoms with Crippen molar-refractivity contribution in [3.8, 4) is 0 Å². The maximum Gasteiger partial charge on any atom is 0.0445 e. The van der Waals surface area contributed by atoms with Crippen LogP contribution in [0.15, 0.2) is 0 Å². The Hall–Kier alpha value is -0.0800. The number of hydrogen-bond donors (Lipinski definition) is 2. The van der Waals surface area contributed by atoms with Gasteiger partial charge >= 0.3 is 0 Å². The van der Waals surface area contributed by atoms with E-state index in [4.69, 9.17) is 10.8 Å². The lowest BCUT2D eigenvalue weighted by Crippen LogP contribution is -2.20. The number of rotatable bonds is 7. The molecule has 2 nitrogen and oxygen atoms in total. The predicted octanol–water partition coefficient (Wildman–Crippen LogP) is 1.67. The molecule has 0 aromatic heterocycles. The molecule has 0 bridgehead atoms. The number of nitrogens with two attached hydrogens (primary N) is 1. The highest BCUT2D eigenvalue weighted by Crippen LogP contribution is 2.05. The molecule has 11 heavy (non-hydrogen) atoms. The summed E-state index contributed by atoms with van der Waals surface area (Å²) in [6, 6.07) is 0.219. The molecule has 0 spiro atoms. The van der Waals surface area contributed by atoms with Gasteiger partial charge in [-0.3, -0.25) is 0 Å². The summed E-state index contributed by atoms with van der Waals surface area (Å²) in [6.45, 7) is 2.43. The Morgan fingerprint density at radius 3 is 2.45 bits per heavy atom. The minimum absolute atomic E-state index is 0.219. The highest BCUT2D eigenvalue weighted by molar-refractivity contribution is 4.59. The van der Waals surface area contributed by atoms with Crippen molar-refractivity contribution in [3.05, 3.63) is 0 Å². The fourth-order valence-electron chi connectivity index (χ4n) is 1.14. The lowest BCUT2D eigenvalue weighted by Gasteiger charge is -2.08. The van der Waals surface area contributed by atoms with Gasteiger partial charge in [-0.05, 0) is 12.8 Å². The van der Waals surface area contributed by atoms with E-state index < -0.39 is 0 Å². The SMILES string of the molecule is CCCCCCC(N)CCO. The van der Waals surface area contributed by atoms with Crippen molar-refractivity contribution >= 4 is 0 Å². The fraction of sp³-hybridized carbons (Fsp3) is 1.00. The van der Waals surface area contributed by atoms with Crippen molar-refractivity contribution in [2.45, 2.75) is 51.5 Å². The van der Waals surface area contributed by atoms with Gasteiger partial charge in [0.15, 0.2) is 0 Å². The van der Waals surface area contributed by atoms with Crippen LogP contribution in [0.4, 0.5) is 0 Å². The monoisotopic (exact) mass is 159 g/mol. The van der Waals surface area contributed by atoms with Gasteiger partial charge in [0.05, 0.1) is 0 Å². The van der Waals surface area contributed by atoms with Crippen LogP contribution in [0, 0.1) is 0 Å². The molecule has 2 heteroatoms. The van der Waals surface area contributed by atoms with Crippen LogP contribution in [-0.2, 0) is 0 Å². The van der Waals surface area contributed by atoms with E-state index in [1.165, 1.54) is 25.7 Å². The molecule has 3 N–H and O–H groups in total. The predicted molar refractivity (Wildman–Crippen MR) is 48.4 cm³/mol. The minimum atomic E-state index is 0.219. The highest BCUT2D eigenvalue weighted by Gasteiger charge is 1.99. The van der Waals surface area contributed by atoms with Crippen molar-refractivity contribution in [2.24, 2.45) is 5.73 Å². The Morgan fingerprint density at radius 2 is 1.91 bits per heavy atom. The molecule has 0 aromatic rings. The largest absolute Gasteiger partial charge is 0.396 e. The maximum absolute atomic E-state index is 8.56. The number of hydrogen-bond acceptors (Lipinski definition) is 2. The first kappa shape index (κ1) is 10.9. The topological polar surface area (TPSA) is 46.2 Å². The van der Waals surface area contributed by atoms with E-state index in [0.717, 1.165) is 12.8 Å². The summed E-state index contributed by atoms with van der Waals surface area (Å²) in [4.78, 5) is 0. The molecule has 1 unspecified atom stereocenters. The first-order valence-electron chi connectivity index (χ1n) is 4.67. The first-order chi connectivity index (χ1) is 5.31. The Bertz CT molecular complexity index is 76.0. The molecule has 1 atom stereocenters. The van der Waals surface area contributed by atoms with E-state index in [0.29, 0.717) is 0 Å². The zero-order valence-corrected chi connectivity index (χ0v) is 7.55. The molecule has 0 aliphatic heterocycles. The van der Waals surface area contributed by atoms with Crippen LogP contribution < -0.4 is 5.73 Å². The van der Waals surface area contributed by atoms with E-state index >= 15 is 0 Å². The summed E-state index contributed by atoms with van der Waals surface area (Å²) in [7, 11) is 0. The van der Waals surface area contributed by atoms with Crippen LogP contribution in [0.25, 0.3) is 0 Å².